The zero-order chi connectivity index (χ0) is 13.8. The normalized spacial score (nSPS) is 10.3. The molecule has 0 aromatic heterocycles. The van der Waals surface area contributed by atoms with Crippen molar-refractivity contribution in [3.05, 3.63) is 64.1 Å². The van der Waals surface area contributed by atoms with Crippen LogP contribution < -0.4 is 4.74 Å². The molecule has 0 fully saturated rings. The van der Waals surface area contributed by atoms with Crippen molar-refractivity contribution < 1.29 is 18.3 Å². The molecule has 0 heterocycles. The molecule has 0 atom stereocenters. The summed E-state index contributed by atoms with van der Waals surface area (Å²) in [7, 11) is 0. The van der Waals surface area contributed by atoms with Crippen LogP contribution in [0.2, 0.25) is 0 Å². The van der Waals surface area contributed by atoms with Gasteiger partial charge in [0, 0.05) is 28.2 Å². The second-order valence-electron chi connectivity index (χ2n) is 3.80. The smallest absolute Gasteiger partial charge is 0.201 e. The molecule has 0 N–H and O–H groups in total. The van der Waals surface area contributed by atoms with Gasteiger partial charge in [0.2, 0.25) is 5.78 Å². The summed E-state index contributed by atoms with van der Waals surface area (Å²) in [6.07, 6.45) is 0. The van der Waals surface area contributed by atoms with Gasteiger partial charge in [0.25, 0.3) is 0 Å². The van der Waals surface area contributed by atoms with Crippen LogP contribution in [0.25, 0.3) is 0 Å². The average molecular weight is 327 g/mol. The standard InChI is InChI=1S/C14H9BrF2O2/c15-13-4-2-1-3-12(13)14(18)8-19-11-6-9(16)5-10(17)7-11/h1-7H,8H2. The van der Waals surface area contributed by atoms with Crippen molar-refractivity contribution >= 4 is 21.7 Å². The molecule has 0 spiro atoms. The van der Waals surface area contributed by atoms with E-state index in [1.807, 2.05) is 0 Å². The topological polar surface area (TPSA) is 26.3 Å². The Hall–Kier alpha value is -1.75. The fourth-order valence-electron chi connectivity index (χ4n) is 1.53. The molecule has 0 amide bonds. The van der Waals surface area contributed by atoms with E-state index < -0.39 is 11.6 Å². The number of hydrogen-bond acceptors (Lipinski definition) is 2. The number of rotatable bonds is 4. The molecular formula is C14H9BrF2O2. The van der Waals surface area contributed by atoms with Gasteiger partial charge in [-0.2, -0.15) is 0 Å². The third kappa shape index (κ3) is 3.61. The first-order valence-electron chi connectivity index (χ1n) is 5.43. The van der Waals surface area contributed by atoms with Gasteiger partial charge in [-0.1, -0.05) is 34.1 Å². The Balaban J connectivity index is 2.07. The van der Waals surface area contributed by atoms with Crippen molar-refractivity contribution in [2.24, 2.45) is 0 Å². The fraction of sp³-hybridized carbons (Fsp3) is 0.0714. The summed E-state index contributed by atoms with van der Waals surface area (Å²) in [6.45, 7) is -0.286. The zero-order valence-corrected chi connectivity index (χ0v) is 11.3. The molecule has 2 aromatic rings. The largest absolute Gasteiger partial charge is 0.485 e. The van der Waals surface area contributed by atoms with Crippen molar-refractivity contribution in [2.45, 2.75) is 0 Å². The van der Waals surface area contributed by atoms with Crippen LogP contribution >= 0.6 is 15.9 Å². The van der Waals surface area contributed by atoms with E-state index >= 15 is 0 Å². The lowest BCUT2D eigenvalue weighted by Gasteiger charge is -2.07. The second kappa shape index (κ2) is 5.93. The molecule has 0 aliphatic rings. The van der Waals surface area contributed by atoms with Gasteiger partial charge < -0.3 is 4.74 Å². The summed E-state index contributed by atoms with van der Waals surface area (Å²) < 4.78 is 31.6. The Labute approximate surface area is 117 Å². The maximum absolute atomic E-state index is 12.9. The molecule has 5 heteroatoms. The molecule has 0 aliphatic carbocycles. The molecule has 0 saturated carbocycles. The molecular weight excluding hydrogens is 318 g/mol. The van der Waals surface area contributed by atoms with Gasteiger partial charge >= 0.3 is 0 Å². The highest BCUT2D eigenvalue weighted by molar-refractivity contribution is 9.10. The Morgan fingerprint density at radius 1 is 1.11 bits per heavy atom. The minimum absolute atomic E-state index is 0.0158. The van der Waals surface area contributed by atoms with Gasteiger partial charge in [-0.25, -0.2) is 8.78 Å². The molecule has 2 nitrogen and oxygen atoms in total. The summed E-state index contributed by atoms with van der Waals surface area (Å²) in [6, 6.07) is 9.66. The van der Waals surface area contributed by atoms with Crippen molar-refractivity contribution in [3.8, 4) is 5.75 Å². The van der Waals surface area contributed by atoms with E-state index in [0.29, 0.717) is 10.0 Å². The minimum atomic E-state index is -0.747. The lowest BCUT2D eigenvalue weighted by atomic mass is 10.1. The third-order valence-electron chi connectivity index (χ3n) is 2.38. The molecule has 2 aromatic carbocycles. The van der Waals surface area contributed by atoms with E-state index in [-0.39, 0.29) is 18.1 Å². The molecule has 0 aliphatic heterocycles. The molecule has 0 saturated heterocycles. The van der Waals surface area contributed by atoms with E-state index in [1.54, 1.807) is 24.3 Å². The minimum Gasteiger partial charge on any atom is -0.485 e. The number of benzene rings is 2. The van der Waals surface area contributed by atoms with Crippen molar-refractivity contribution in [1.29, 1.82) is 0 Å². The molecule has 2 rings (SSSR count). The lowest BCUT2D eigenvalue weighted by Crippen LogP contribution is -2.12. The summed E-state index contributed by atoms with van der Waals surface area (Å²) in [5, 5.41) is 0. The monoisotopic (exact) mass is 326 g/mol. The fourth-order valence-corrected chi connectivity index (χ4v) is 2.03. The summed E-state index contributed by atoms with van der Waals surface area (Å²) in [5.41, 5.74) is 0.458. The Morgan fingerprint density at radius 3 is 2.37 bits per heavy atom. The van der Waals surface area contributed by atoms with Gasteiger partial charge in [-0.3, -0.25) is 4.79 Å². The highest BCUT2D eigenvalue weighted by Gasteiger charge is 2.10. The first kappa shape index (κ1) is 13.7. The highest BCUT2D eigenvalue weighted by Crippen LogP contribution is 2.18. The van der Waals surface area contributed by atoms with Gasteiger partial charge in [-0.05, 0) is 6.07 Å². The average Bonchev–Trinajstić information content (AvgIpc) is 2.35. The number of ether oxygens (including phenoxy) is 1. The Morgan fingerprint density at radius 2 is 1.74 bits per heavy atom. The van der Waals surface area contributed by atoms with Crippen LogP contribution in [0.5, 0.6) is 5.75 Å². The van der Waals surface area contributed by atoms with Crippen LogP contribution in [0.1, 0.15) is 10.4 Å². The molecule has 0 unspecified atom stereocenters. The number of hydrogen-bond donors (Lipinski definition) is 0. The van der Waals surface area contributed by atoms with E-state index in [9.17, 15) is 13.6 Å². The van der Waals surface area contributed by atoms with Crippen molar-refractivity contribution in [2.75, 3.05) is 6.61 Å². The summed E-state index contributed by atoms with van der Waals surface area (Å²) in [4.78, 5) is 11.9. The third-order valence-corrected chi connectivity index (χ3v) is 3.07. The van der Waals surface area contributed by atoms with Crippen LogP contribution in [0, 0.1) is 11.6 Å². The lowest BCUT2D eigenvalue weighted by molar-refractivity contribution is 0.0920. The Kier molecular flexibility index (Phi) is 4.27. The predicted molar refractivity (Wildman–Crippen MR) is 70.3 cm³/mol. The number of halogens is 3. The maximum atomic E-state index is 12.9. The molecule has 0 radical (unpaired) electrons. The van der Waals surface area contributed by atoms with Crippen molar-refractivity contribution in [3.63, 3.8) is 0 Å². The van der Waals surface area contributed by atoms with Crippen LogP contribution in [0.15, 0.2) is 46.9 Å². The maximum Gasteiger partial charge on any atom is 0.201 e. The van der Waals surface area contributed by atoms with Gasteiger partial charge in [0.1, 0.15) is 17.4 Å². The number of Topliss-reactive ketones (excluding diaryl/α,β-unsaturated/α-hetero) is 1. The number of carbonyl (C=O) groups excluding carboxylic acids is 1. The SMILES string of the molecule is O=C(COc1cc(F)cc(F)c1)c1ccccc1Br. The highest BCUT2D eigenvalue weighted by atomic mass is 79.9. The van der Waals surface area contributed by atoms with E-state index in [1.165, 1.54) is 0 Å². The van der Waals surface area contributed by atoms with Crippen molar-refractivity contribution in [1.82, 2.24) is 0 Å². The van der Waals surface area contributed by atoms with Crippen LogP contribution in [-0.4, -0.2) is 12.4 Å². The van der Waals surface area contributed by atoms with E-state index in [2.05, 4.69) is 15.9 Å². The quantitative estimate of drug-likeness (QED) is 0.794. The van der Waals surface area contributed by atoms with E-state index in [0.717, 1.165) is 18.2 Å². The second-order valence-corrected chi connectivity index (χ2v) is 4.65. The molecule has 19 heavy (non-hydrogen) atoms. The van der Waals surface area contributed by atoms with Crippen LogP contribution in [-0.2, 0) is 0 Å². The first-order chi connectivity index (χ1) is 9.06. The number of carbonyl (C=O) groups is 1. The van der Waals surface area contributed by atoms with Gasteiger partial charge in [0.05, 0.1) is 0 Å². The van der Waals surface area contributed by atoms with Crippen LogP contribution in [0.4, 0.5) is 8.78 Å². The van der Waals surface area contributed by atoms with Gasteiger partial charge in [-0.15, -0.1) is 0 Å². The van der Waals surface area contributed by atoms with Gasteiger partial charge in [0.15, 0.2) is 6.61 Å². The first-order valence-corrected chi connectivity index (χ1v) is 6.22. The predicted octanol–water partition coefficient (Wildman–Crippen LogP) is 3.99. The summed E-state index contributed by atoms with van der Waals surface area (Å²) in [5.74, 6) is -1.79. The summed E-state index contributed by atoms with van der Waals surface area (Å²) >= 11 is 3.25. The van der Waals surface area contributed by atoms with Crippen LogP contribution in [0.3, 0.4) is 0 Å². The number of ketones is 1. The zero-order valence-electron chi connectivity index (χ0n) is 9.70. The molecule has 98 valence electrons. The Bertz CT molecular complexity index is 594. The van der Waals surface area contributed by atoms with E-state index in [4.69, 9.17) is 4.74 Å². The molecule has 0 bridgehead atoms.